The maximum Gasteiger partial charge on any atom is 0.261 e. The Labute approximate surface area is 197 Å². The molecule has 0 saturated heterocycles. The smallest absolute Gasteiger partial charge is 0.261 e. The van der Waals surface area contributed by atoms with Crippen LogP contribution in [-0.4, -0.2) is 26.8 Å². The SMILES string of the molecule is CC(C)c1ccc(C=Nn2c(N)c(C(=O)Nc3ccccc3)c3nc4ccccc4nc32)cc1. The molecular formula is C27H24N6O. The van der Waals surface area contributed by atoms with Gasteiger partial charge in [0, 0.05) is 5.69 Å². The van der Waals surface area contributed by atoms with E-state index in [-0.39, 0.29) is 17.3 Å². The van der Waals surface area contributed by atoms with Gasteiger partial charge in [0.2, 0.25) is 0 Å². The number of carbonyl (C=O) groups is 1. The van der Waals surface area contributed by atoms with Crippen molar-refractivity contribution in [1.29, 1.82) is 0 Å². The minimum absolute atomic E-state index is 0.175. The fourth-order valence-electron chi connectivity index (χ4n) is 3.79. The Balaban J connectivity index is 1.62. The van der Waals surface area contributed by atoms with E-state index in [0.29, 0.717) is 33.8 Å². The number of amides is 1. The lowest BCUT2D eigenvalue weighted by molar-refractivity contribution is 0.102. The zero-order valence-corrected chi connectivity index (χ0v) is 18.9. The van der Waals surface area contributed by atoms with Crippen LogP contribution in [0.5, 0.6) is 0 Å². The maximum atomic E-state index is 13.2. The average molecular weight is 449 g/mol. The molecule has 0 aliphatic heterocycles. The normalized spacial score (nSPS) is 11.6. The van der Waals surface area contributed by atoms with Crippen molar-refractivity contribution >= 4 is 45.8 Å². The van der Waals surface area contributed by atoms with Crippen molar-refractivity contribution in [2.45, 2.75) is 19.8 Å². The van der Waals surface area contributed by atoms with Gasteiger partial charge < -0.3 is 11.1 Å². The number of carbonyl (C=O) groups excluding carboxylic acids is 1. The quantitative estimate of drug-likeness (QED) is 0.351. The molecule has 5 aromatic rings. The van der Waals surface area contributed by atoms with E-state index in [0.717, 1.165) is 5.56 Å². The molecule has 0 unspecified atom stereocenters. The molecule has 3 N–H and O–H groups in total. The van der Waals surface area contributed by atoms with E-state index in [9.17, 15) is 4.79 Å². The zero-order chi connectivity index (χ0) is 23.7. The van der Waals surface area contributed by atoms with Gasteiger partial charge in [-0.3, -0.25) is 4.79 Å². The largest absolute Gasteiger partial charge is 0.383 e. The van der Waals surface area contributed by atoms with E-state index in [1.807, 2.05) is 66.7 Å². The Hall–Kier alpha value is -4.52. The fourth-order valence-corrected chi connectivity index (χ4v) is 3.79. The highest BCUT2D eigenvalue weighted by Crippen LogP contribution is 2.28. The molecule has 0 atom stereocenters. The minimum atomic E-state index is -0.367. The van der Waals surface area contributed by atoms with Crippen molar-refractivity contribution in [1.82, 2.24) is 14.6 Å². The van der Waals surface area contributed by atoms with Crippen LogP contribution < -0.4 is 11.1 Å². The van der Waals surface area contributed by atoms with Gasteiger partial charge in [-0.15, -0.1) is 0 Å². The van der Waals surface area contributed by atoms with Crippen molar-refractivity contribution in [3.05, 3.63) is 95.6 Å². The first kappa shape index (κ1) is 21.3. The fraction of sp³-hybridized carbons (Fsp3) is 0.111. The first-order valence-electron chi connectivity index (χ1n) is 11.1. The van der Waals surface area contributed by atoms with Crippen LogP contribution in [0.2, 0.25) is 0 Å². The van der Waals surface area contributed by atoms with E-state index in [4.69, 9.17) is 15.7 Å². The number of fused-ring (bicyclic) bond motifs is 2. The zero-order valence-electron chi connectivity index (χ0n) is 18.9. The molecular weight excluding hydrogens is 424 g/mol. The standard InChI is InChI=1S/C27H24N6O/c1-17(2)19-14-12-18(13-15-19)16-29-33-25(28)23(27(34)30-20-8-4-3-5-9-20)24-26(33)32-22-11-7-6-10-21(22)31-24/h3-17H,28H2,1-2H3,(H,30,34). The molecule has 0 fully saturated rings. The van der Waals surface area contributed by atoms with Crippen LogP contribution in [0.15, 0.2) is 84.0 Å². The summed E-state index contributed by atoms with van der Waals surface area (Å²) in [6, 6.07) is 24.9. The minimum Gasteiger partial charge on any atom is -0.383 e. The summed E-state index contributed by atoms with van der Waals surface area (Å²) in [6.07, 6.45) is 1.70. The third kappa shape index (κ3) is 3.99. The van der Waals surface area contributed by atoms with E-state index < -0.39 is 0 Å². The van der Waals surface area contributed by atoms with E-state index >= 15 is 0 Å². The number of para-hydroxylation sites is 3. The number of nitrogens with one attached hydrogen (secondary N) is 1. The topological polar surface area (TPSA) is 98.2 Å². The molecule has 0 radical (unpaired) electrons. The first-order valence-corrected chi connectivity index (χ1v) is 11.1. The second-order valence-electron chi connectivity index (χ2n) is 8.34. The molecule has 34 heavy (non-hydrogen) atoms. The van der Waals surface area contributed by atoms with Crippen LogP contribution in [0, 0.1) is 0 Å². The third-order valence-corrected chi connectivity index (χ3v) is 5.66. The summed E-state index contributed by atoms with van der Waals surface area (Å²) in [4.78, 5) is 22.7. The third-order valence-electron chi connectivity index (χ3n) is 5.66. The number of rotatable bonds is 5. The lowest BCUT2D eigenvalue weighted by Gasteiger charge is -2.05. The van der Waals surface area contributed by atoms with Crippen LogP contribution >= 0.6 is 0 Å². The van der Waals surface area contributed by atoms with Crippen LogP contribution in [0.1, 0.15) is 41.3 Å². The molecule has 7 heteroatoms. The monoisotopic (exact) mass is 448 g/mol. The predicted octanol–water partition coefficient (Wildman–Crippen LogP) is 5.42. The molecule has 7 nitrogen and oxygen atoms in total. The van der Waals surface area contributed by atoms with Gasteiger partial charge in [0.15, 0.2) is 5.65 Å². The number of aromatic nitrogens is 3. The van der Waals surface area contributed by atoms with Crippen molar-refractivity contribution < 1.29 is 4.79 Å². The van der Waals surface area contributed by atoms with Gasteiger partial charge in [-0.1, -0.05) is 68.4 Å². The number of hydrogen-bond acceptors (Lipinski definition) is 5. The van der Waals surface area contributed by atoms with E-state index in [2.05, 4.69) is 36.4 Å². The number of hydrogen-bond donors (Lipinski definition) is 2. The number of benzene rings is 3. The molecule has 0 bridgehead atoms. The Morgan fingerprint density at radius 1 is 0.941 bits per heavy atom. The van der Waals surface area contributed by atoms with Crippen molar-refractivity contribution in [2.75, 3.05) is 11.1 Å². The van der Waals surface area contributed by atoms with Crippen LogP contribution in [0.4, 0.5) is 11.5 Å². The molecule has 0 aliphatic rings. The molecule has 0 saturated carbocycles. The highest BCUT2D eigenvalue weighted by atomic mass is 16.1. The number of nitrogens with two attached hydrogens (primary N) is 1. The van der Waals surface area contributed by atoms with Crippen LogP contribution in [0.25, 0.3) is 22.2 Å². The van der Waals surface area contributed by atoms with Gasteiger partial charge in [-0.2, -0.15) is 9.78 Å². The van der Waals surface area contributed by atoms with Gasteiger partial charge in [-0.25, -0.2) is 9.97 Å². The first-order chi connectivity index (χ1) is 16.5. The predicted molar refractivity (Wildman–Crippen MR) is 137 cm³/mol. The van der Waals surface area contributed by atoms with Gasteiger partial charge in [0.25, 0.3) is 5.91 Å². The summed E-state index contributed by atoms with van der Waals surface area (Å²) < 4.78 is 1.48. The number of anilines is 2. The summed E-state index contributed by atoms with van der Waals surface area (Å²) in [5, 5.41) is 7.47. The average Bonchev–Trinajstić information content (AvgIpc) is 3.12. The van der Waals surface area contributed by atoms with Crippen LogP contribution in [0.3, 0.4) is 0 Å². The van der Waals surface area contributed by atoms with Gasteiger partial charge in [0.1, 0.15) is 16.9 Å². The molecule has 0 aliphatic carbocycles. The Bertz CT molecular complexity index is 1520. The lowest BCUT2D eigenvalue weighted by atomic mass is 10.0. The van der Waals surface area contributed by atoms with Gasteiger partial charge >= 0.3 is 0 Å². The Morgan fingerprint density at radius 2 is 1.59 bits per heavy atom. The van der Waals surface area contributed by atoms with Crippen molar-refractivity contribution in [3.63, 3.8) is 0 Å². The van der Waals surface area contributed by atoms with Gasteiger partial charge in [0.05, 0.1) is 17.2 Å². The summed E-state index contributed by atoms with van der Waals surface area (Å²) in [5.74, 6) is 0.256. The summed E-state index contributed by atoms with van der Waals surface area (Å²) >= 11 is 0. The van der Waals surface area contributed by atoms with Crippen molar-refractivity contribution in [2.24, 2.45) is 5.10 Å². The summed E-state index contributed by atoms with van der Waals surface area (Å²) in [6.45, 7) is 4.31. The van der Waals surface area contributed by atoms with Gasteiger partial charge in [-0.05, 0) is 41.3 Å². The second kappa shape index (κ2) is 8.78. The Morgan fingerprint density at radius 3 is 2.26 bits per heavy atom. The summed E-state index contributed by atoms with van der Waals surface area (Å²) in [5.41, 5.74) is 11.7. The molecule has 3 aromatic carbocycles. The molecule has 168 valence electrons. The molecule has 0 spiro atoms. The lowest BCUT2D eigenvalue weighted by Crippen LogP contribution is -2.14. The highest BCUT2D eigenvalue weighted by molar-refractivity contribution is 6.16. The molecule has 5 rings (SSSR count). The van der Waals surface area contributed by atoms with Crippen LogP contribution in [-0.2, 0) is 0 Å². The molecule has 2 aromatic heterocycles. The maximum absolute atomic E-state index is 13.2. The highest BCUT2D eigenvalue weighted by Gasteiger charge is 2.24. The van der Waals surface area contributed by atoms with E-state index in [1.54, 1.807) is 6.21 Å². The Kier molecular flexibility index (Phi) is 5.51. The molecule has 1 amide bonds. The summed E-state index contributed by atoms with van der Waals surface area (Å²) in [7, 11) is 0. The van der Waals surface area contributed by atoms with E-state index in [1.165, 1.54) is 10.2 Å². The van der Waals surface area contributed by atoms with Crippen molar-refractivity contribution in [3.8, 4) is 0 Å². The molecule has 2 heterocycles. The second-order valence-corrected chi connectivity index (χ2v) is 8.34. The number of nitrogens with zero attached hydrogens (tertiary/aromatic N) is 4. The number of nitrogen functional groups attached to an aromatic ring is 1.